The van der Waals surface area contributed by atoms with Crippen LogP contribution in [0.3, 0.4) is 0 Å². The van der Waals surface area contributed by atoms with Crippen molar-refractivity contribution in [2.75, 3.05) is 44.7 Å². The van der Waals surface area contributed by atoms with Gasteiger partial charge < -0.3 is 16.0 Å². The highest BCUT2D eigenvalue weighted by molar-refractivity contribution is 7.13. The van der Waals surface area contributed by atoms with E-state index >= 15 is 0 Å². The molecule has 1 aliphatic rings. The summed E-state index contributed by atoms with van der Waals surface area (Å²) in [5.41, 5.74) is 10.6. The van der Waals surface area contributed by atoms with Crippen molar-refractivity contribution in [2.45, 2.75) is 26.9 Å². The van der Waals surface area contributed by atoms with Crippen molar-refractivity contribution in [3.8, 4) is 10.6 Å². The van der Waals surface area contributed by atoms with Gasteiger partial charge in [0, 0.05) is 49.9 Å². The third-order valence-corrected chi connectivity index (χ3v) is 7.61. The fourth-order valence-corrected chi connectivity index (χ4v) is 5.34. The highest BCUT2D eigenvalue weighted by Crippen LogP contribution is 2.29. The fraction of sp³-hybridized carbons (Fsp3) is 0.357. The molecule has 0 saturated carbocycles. The molecule has 0 spiro atoms. The van der Waals surface area contributed by atoms with E-state index in [2.05, 4.69) is 27.8 Å². The molecule has 0 unspecified atom stereocenters. The maximum absolute atomic E-state index is 13.3. The number of hydrazine groups is 1. The number of thiazole rings is 1. The molecular weight excluding hydrogens is 514 g/mol. The molecule has 0 radical (unpaired) electrons. The summed E-state index contributed by atoms with van der Waals surface area (Å²) >= 11 is 1.35. The number of aryl methyl sites for hydroxylation is 1. The van der Waals surface area contributed by atoms with E-state index in [9.17, 15) is 14.4 Å². The number of nitrogens with two attached hydrogens (primary N) is 1. The molecule has 3 amide bonds. The Bertz CT molecular complexity index is 1320. The van der Waals surface area contributed by atoms with Crippen LogP contribution in [0.15, 0.2) is 47.8 Å². The summed E-state index contributed by atoms with van der Waals surface area (Å²) in [5, 5.41) is 12.3. The van der Waals surface area contributed by atoms with Crippen molar-refractivity contribution in [3.63, 3.8) is 0 Å². The molecule has 0 saturated heterocycles. The van der Waals surface area contributed by atoms with Crippen LogP contribution in [-0.2, 0) is 22.7 Å². The summed E-state index contributed by atoms with van der Waals surface area (Å²) < 4.78 is 0. The average molecular weight is 550 g/mol. The van der Waals surface area contributed by atoms with E-state index in [1.807, 2.05) is 49.2 Å². The minimum atomic E-state index is -0.561. The Morgan fingerprint density at radius 2 is 1.74 bits per heavy atom. The summed E-state index contributed by atoms with van der Waals surface area (Å²) in [4.78, 5) is 43.6. The van der Waals surface area contributed by atoms with E-state index in [1.54, 1.807) is 22.3 Å². The Morgan fingerprint density at radius 3 is 2.36 bits per heavy atom. The van der Waals surface area contributed by atoms with Gasteiger partial charge in [0.05, 0.1) is 13.1 Å². The summed E-state index contributed by atoms with van der Waals surface area (Å²) in [7, 11) is 1.76. The maximum atomic E-state index is 13.3. The Kier molecular flexibility index (Phi) is 9.41. The van der Waals surface area contributed by atoms with Crippen LogP contribution in [0.5, 0.6) is 0 Å². The van der Waals surface area contributed by atoms with Gasteiger partial charge in [-0.1, -0.05) is 31.2 Å². The van der Waals surface area contributed by atoms with Crippen LogP contribution in [-0.4, -0.2) is 72.5 Å². The molecule has 0 fully saturated rings. The first kappa shape index (κ1) is 28.4. The zero-order valence-corrected chi connectivity index (χ0v) is 23.4. The maximum Gasteiger partial charge on any atom is 0.268 e. The van der Waals surface area contributed by atoms with Gasteiger partial charge in [0.25, 0.3) is 11.8 Å². The van der Waals surface area contributed by atoms with Gasteiger partial charge in [0.15, 0.2) is 0 Å². The number of primary amides is 1. The second-order valence-corrected chi connectivity index (χ2v) is 10.3. The number of hydrogen-bond donors (Lipinski definition) is 3. The molecule has 2 heterocycles. The van der Waals surface area contributed by atoms with E-state index in [0.717, 1.165) is 23.4 Å². The van der Waals surface area contributed by atoms with E-state index in [-0.39, 0.29) is 30.6 Å². The number of likely N-dealkylation sites (N-methyl/N-ethyl adjacent to an activating group) is 2. The number of hydrogen-bond acceptors (Lipinski definition) is 8. The molecule has 1 aliphatic heterocycles. The number of carbonyl (C=O) groups excluding carboxylic acids is 3. The summed E-state index contributed by atoms with van der Waals surface area (Å²) in [6.07, 6.45) is 0. The van der Waals surface area contributed by atoms with Crippen LogP contribution in [0.4, 0.5) is 5.69 Å². The Labute approximate surface area is 232 Å². The van der Waals surface area contributed by atoms with Crippen LogP contribution in [0.1, 0.15) is 34.1 Å². The lowest BCUT2D eigenvalue weighted by Gasteiger charge is -2.28. The van der Waals surface area contributed by atoms with Crippen molar-refractivity contribution in [2.24, 2.45) is 5.73 Å². The van der Waals surface area contributed by atoms with E-state index in [4.69, 9.17) is 5.73 Å². The summed E-state index contributed by atoms with van der Waals surface area (Å²) in [6.45, 7) is 7.34. The zero-order chi connectivity index (χ0) is 27.9. The monoisotopic (exact) mass is 549 g/mol. The van der Waals surface area contributed by atoms with Crippen molar-refractivity contribution in [1.82, 2.24) is 25.6 Å². The number of benzene rings is 2. The van der Waals surface area contributed by atoms with Crippen LogP contribution < -0.4 is 21.3 Å². The Balaban J connectivity index is 1.38. The number of anilines is 1. The lowest BCUT2D eigenvalue weighted by atomic mass is 10.1. The van der Waals surface area contributed by atoms with Gasteiger partial charge in [0.1, 0.15) is 10.7 Å². The number of carbonyl (C=O) groups is 3. The third-order valence-electron chi connectivity index (χ3n) is 6.72. The predicted octanol–water partition coefficient (Wildman–Crippen LogP) is 2.14. The number of amides is 3. The number of fused-ring (bicyclic) bond motifs is 1. The van der Waals surface area contributed by atoms with E-state index in [1.165, 1.54) is 22.5 Å². The first-order valence-electron chi connectivity index (χ1n) is 12.9. The molecule has 0 bridgehead atoms. The van der Waals surface area contributed by atoms with Crippen LogP contribution in [0, 0.1) is 6.92 Å². The van der Waals surface area contributed by atoms with Crippen LogP contribution >= 0.6 is 11.3 Å². The quantitative estimate of drug-likeness (QED) is 0.296. The molecule has 10 nitrogen and oxygen atoms in total. The molecule has 0 atom stereocenters. The lowest BCUT2D eigenvalue weighted by molar-refractivity contribution is -0.145. The van der Waals surface area contributed by atoms with Gasteiger partial charge in [-0.15, -0.1) is 11.3 Å². The van der Waals surface area contributed by atoms with Crippen molar-refractivity contribution in [3.05, 3.63) is 70.2 Å². The molecule has 0 aliphatic carbocycles. The number of nitrogens with zero attached hydrogens (tertiary/aromatic N) is 4. The topological polar surface area (TPSA) is 124 Å². The number of nitrogens with one attached hydrogen (secondary N) is 2. The second kappa shape index (κ2) is 12.9. The van der Waals surface area contributed by atoms with Gasteiger partial charge in [-0.05, 0) is 48.4 Å². The summed E-state index contributed by atoms with van der Waals surface area (Å²) in [6, 6.07) is 13.9. The average Bonchev–Trinajstić information content (AvgIpc) is 3.59. The highest BCUT2D eigenvalue weighted by Gasteiger charge is 2.25. The van der Waals surface area contributed by atoms with Gasteiger partial charge >= 0.3 is 0 Å². The molecule has 11 heteroatoms. The Morgan fingerprint density at radius 1 is 1.05 bits per heavy atom. The smallest absolute Gasteiger partial charge is 0.268 e. The third kappa shape index (κ3) is 6.87. The lowest BCUT2D eigenvalue weighted by Crippen LogP contribution is -2.47. The van der Waals surface area contributed by atoms with E-state index < -0.39 is 5.91 Å². The highest BCUT2D eigenvalue weighted by atomic mass is 32.1. The standard InChI is InChI=1S/C28H35N7O3S/c1-4-30-11-12-35(24-10-9-20(13-19(24)2)28-32-23(18-39-28)27(29)38)26(37)15-31-14-25(36)33(3)34-16-21-7-5-6-8-22(21)17-34/h5-10,13,18,30-31H,4,11-12,14-17H2,1-3H3,(H2,29,38). The van der Waals surface area contributed by atoms with Gasteiger partial charge in [-0.3, -0.25) is 24.7 Å². The number of rotatable bonds is 12. The first-order chi connectivity index (χ1) is 18.8. The minimum absolute atomic E-state index is 0.0293. The van der Waals surface area contributed by atoms with Gasteiger partial charge in [-0.25, -0.2) is 9.99 Å². The largest absolute Gasteiger partial charge is 0.364 e. The summed E-state index contributed by atoms with van der Waals surface area (Å²) in [5.74, 6) is -0.791. The van der Waals surface area contributed by atoms with Gasteiger partial charge in [-0.2, -0.15) is 0 Å². The second-order valence-electron chi connectivity index (χ2n) is 9.41. The molecule has 4 N–H and O–H groups in total. The van der Waals surface area contributed by atoms with Crippen LogP contribution in [0.25, 0.3) is 10.6 Å². The zero-order valence-electron chi connectivity index (χ0n) is 22.6. The van der Waals surface area contributed by atoms with E-state index in [0.29, 0.717) is 31.2 Å². The molecule has 39 heavy (non-hydrogen) atoms. The number of aromatic nitrogens is 1. The van der Waals surface area contributed by atoms with Crippen molar-refractivity contribution >= 4 is 34.7 Å². The van der Waals surface area contributed by atoms with Crippen molar-refractivity contribution < 1.29 is 14.4 Å². The molecule has 2 aromatic carbocycles. The Hall–Kier alpha value is -3.64. The molecule has 206 valence electrons. The minimum Gasteiger partial charge on any atom is -0.364 e. The predicted molar refractivity (Wildman–Crippen MR) is 153 cm³/mol. The molecule has 1 aromatic heterocycles. The fourth-order valence-electron chi connectivity index (χ4n) is 4.53. The van der Waals surface area contributed by atoms with Gasteiger partial charge in [0.2, 0.25) is 5.91 Å². The molecule has 4 rings (SSSR count). The SMILES string of the molecule is CCNCCN(C(=O)CNCC(=O)N(C)N1Cc2ccccc2C1)c1ccc(-c2nc(C(N)=O)cs2)cc1C. The van der Waals surface area contributed by atoms with Crippen molar-refractivity contribution in [1.29, 1.82) is 0 Å². The molecule has 3 aromatic rings. The van der Waals surface area contributed by atoms with Crippen LogP contribution in [0.2, 0.25) is 0 Å². The normalized spacial score (nSPS) is 12.8. The molecular formula is C28H35N7O3S. The first-order valence-corrected chi connectivity index (χ1v) is 13.8.